The Labute approximate surface area is 126 Å². The van der Waals surface area contributed by atoms with Crippen LogP contribution in [0.2, 0.25) is 0 Å². The average molecular weight is 281 g/mol. The van der Waals surface area contributed by atoms with Crippen molar-refractivity contribution in [1.29, 1.82) is 0 Å². The highest BCUT2D eigenvalue weighted by atomic mass is 15.2. The summed E-state index contributed by atoms with van der Waals surface area (Å²) >= 11 is 0. The van der Waals surface area contributed by atoms with E-state index in [-0.39, 0.29) is 0 Å². The summed E-state index contributed by atoms with van der Waals surface area (Å²) in [6.45, 7) is 3.32. The quantitative estimate of drug-likeness (QED) is 0.920. The van der Waals surface area contributed by atoms with E-state index in [0.717, 1.165) is 24.5 Å². The van der Waals surface area contributed by atoms with Crippen molar-refractivity contribution in [3.05, 3.63) is 42.1 Å². The Morgan fingerprint density at radius 3 is 2.90 bits per heavy atom. The van der Waals surface area contributed by atoms with E-state index in [1.54, 1.807) is 0 Å². The molecule has 2 N–H and O–H groups in total. The molecule has 1 aliphatic heterocycles. The fourth-order valence-corrected chi connectivity index (χ4v) is 4.16. The molecule has 0 radical (unpaired) electrons. The predicted octanol–water partition coefficient (Wildman–Crippen LogP) is 2.79. The lowest BCUT2D eigenvalue weighted by atomic mass is 9.78. The van der Waals surface area contributed by atoms with Gasteiger partial charge in [0.2, 0.25) is 0 Å². The van der Waals surface area contributed by atoms with Gasteiger partial charge in [0.1, 0.15) is 0 Å². The molecule has 21 heavy (non-hydrogen) atoms. The van der Waals surface area contributed by atoms with E-state index in [2.05, 4.69) is 41.3 Å². The molecule has 1 aromatic heterocycles. The van der Waals surface area contributed by atoms with Crippen LogP contribution in [0.15, 0.2) is 36.4 Å². The topological polar surface area (TPSA) is 42.1 Å². The summed E-state index contributed by atoms with van der Waals surface area (Å²) in [7, 11) is 0. The Morgan fingerprint density at radius 2 is 2.00 bits per heavy atom. The molecule has 0 bridgehead atoms. The van der Waals surface area contributed by atoms with Gasteiger partial charge >= 0.3 is 0 Å². The number of benzene rings is 1. The van der Waals surface area contributed by atoms with Crippen molar-refractivity contribution in [2.24, 2.45) is 17.6 Å². The van der Waals surface area contributed by atoms with E-state index in [4.69, 9.17) is 10.7 Å². The Hall–Kier alpha value is -1.45. The van der Waals surface area contributed by atoms with Gasteiger partial charge in [0.05, 0.1) is 11.2 Å². The monoisotopic (exact) mass is 281 g/mol. The standard InChI is InChI=1S/C18H23N3/c19-17-6-3-5-14-10-21(12-16(14)17)11-15-9-8-13-4-1-2-7-18(13)20-15/h1-2,4,7-9,14,16-17H,3,5-6,10-12,19H2. The minimum Gasteiger partial charge on any atom is -0.327 e. The first-order valence-electron chi connectivity index (χ1n) is 8.12. The minimum atomic E-state index is 0.415. The molecule has 3 nitrogen and oxygen atoms in total. The van der Waals surface area contributed by atoms with Crippen LogP contribution >= 0.6 is 0 Å². The summed E-state index contributed by atoms with van der Waals surface area (Å²) < 4.78 is 0. The minimum absolute atomic E-state index is 0.415. The summed E-state index contributed by atoms with van der Waals surface area (Å²) in [4.78, 5) is 7.36. The normalized spacial score (nSPS) is 29.7. The van der Waals surface area contributed by atoms with E-state index in [9.17, 15) is 0 Å². The van der Waals surface area contributed by atoms with Gasteiger partial charge in [0, 0.05) is 31.1 Å². The molecule has 0 amide bonds. The highest BCUT2D eigenvalue weighted by molar-refractivity contribution is 5.78. The SMILES string of the molecule is NC1CCCC2CN(Cc3ccc4ccccc4n3)CC12. The highest BCUT2D eigenvalue weighted by Gasteiger charge is 2.38. The summed E-state index contributed by atoms with van der Waals surface area (Å²) in [5.74, 6) is 1.52. The summed E-state index contributed by atoms with van der Waals surface area (Å²) in [6, 6.07) is 13.1. The number of para-hydroxylation sites is 1. The first-order chi connectivity index (χ1) is 10.3. The molecule has 4 rings (SSSR count). The van der Waals surface area contributed by atoms with E-state index < -0.39 is 0 Å². The molecular formula is C18H23N3. The number of hydrogen-bond acceptors (Lipinski definition) is 3. The number of fused-ring (bicyclic) bond motifs is 2. The number of rotatable bonds is 2. The fraction of sp³-hybridized carbons (Fsp3) is 0.500. The second kappa shape index (κ2) is 5.39. The Kier molecular flexibility index (Phi) is 3.40. The molecule has 1 aliphatic carbocycles. The molecule has 3 atom stereocenters. The van der Waals surface area contributed by atoms with Crippen LogP contribution in [0.4, 0.5) is 0 Å². The van der Waals surface area contributed by atoms with Gasteiger partial charge in [-0.15, -0.1) is 0 Å². The molecule has 110 valence electrons. The van der Waals surface area contributed by atoms with Crippen LogP contribution in [0, 0.1) is 11.8 Å². The second-order valence-electron chi connectivity index (χ2n) is 6.71. The summed E-state index contributed by atoms with van der Waals surface area (Å²) in [5.41, 5.74) is 8.59. The number of pyridine rings is 1. The zero-order valence-corrected chi connectivity index (χ0v) is 12.4. The van der Waals surface area contributed by atoms with Crippen molar-refractivity contribution in [3.63, 3.8) is 0 Å². The maximum absolute atomic E-state index is 6.31. The lowest BCUT2D eigenvalue weighted by Gasteiger charge is -2.29. The van der Waals surface area contributed by atoms with Gasteiger partial charge in [0.25, 0.3) is 0 Å². The van der Waals surface area contributed by atoms with Crippen molar-refractivity contribution in [2.45, 2.75) is 31.8 Å². The lowest BCUT2D eigenvalue weighted by molar-refractivity contribution is 0.259. The molecule has 2 aromatic rings. The maximum atomic E-state index is 6.31. The highest BCUT2D eigenvalue weighted by Crippen LogP contribution is 2.35. The smallest absolute Gasteiger partial charge is 0.0705 e. The van der Waals surface area contributed by atoms with Crippen LogP contribution in [0.5, 0.6) is 0 Å². The third-order valence-corrected chi connectivity index (χ3v) is 5.27. The zero-order chi connectivity index (χ0) is 14.2. The van der Waals surface area contributed by atoms with Gasteiger partial charge in [-0.1, -0.05) is 30.7 Å². The van der Waals surface area contributed by atoms with E-state index in [0.29, 0.717) is 12.0 Å². The first-order valence-corrected chi connectivity index (χ1v) is 8.12. The second-order valence-corrected chi connectivity index (χ2v) is 6.71. The number of likely N-dealkylation sites (tertiary alicyclic amines) is 1. The van der Waals surface area contributed by atoms with Crippen molar-refractivity contribution in [1.82, 2.24) is 9.88 Å². The molecule has 3 heteroatoms. The van der Waals surface area contributed by atoms with Gasteiger partial charge in [-0.3, -0.25) is 9.88 Å². The number of aromatic nitrogens is 1. The predicted molar refractivity (Wildman–Crippen MR) is 85.8 cm³/mol. The summed E-state index contributed by atoms with van der Waals surface area (Å²) in [5, 5.41) is 1.22. The van der Waals surface area contributed by atoms with Gasteiger partial charge in [-0.05, 0) is 36.8 Å². The third-order valence-electron chi connectivity index (χ3n) is 5.27. The molecule has 2 heterocycles. The maximum Gasteiger partial charge on any atom is 0.0705 e. The molecule has 3 unspecified atom stereocenters. The molecule has 1 aromatic carbocycles. The van der Waals surface area contributed by atoms with E-state index in [1.807, 2.05) is 0 Å². The fourth-order valence-electron chi connectivity index (χ4n) is 4.16. The van der Waals surface area contributed by atoms with Crippen molar-refractivity contribution < 1.29 is 0 Å². The van der Waals surface area contributed by atoms with Gasteiger partial charge in [0.15, 0.2) is 0 Å². The Balaban J connectivity index is 1.50. The van der Waals surface area contributed by atoms with Crippen LogP contribution in [0.1, 0.15) is 25.0 Å². The molecule has 2 aliphatic rings. The first kappa shape index (κ1) is 13.2. The molecular weight excluding hydrogens is 258 g/mol. The molecule has 0 spiro atoms. The van der Waals surface area contributed by atoms with Crippen LogP contribution in [0.3, 0.4) is 0 Å². The third kappa shape index (κ3) is 2.56. The van der Waals surface area contributed by atoms with Crippen LogP contribution < -0.4 is 5.73 Å². The van der Waals surface area contributed by atoms with Crippen LogP contribution in [0.25, 0.3) is 10.9 Å². The van der Waals surface area contributed by atoms with Gasteiger partial charge in [-0.25, -0.2) is 0 Å². The average Bonchev–Trinajstić information content (AvgIpc) is 2.91. The van der Waals surface area contributed by atoms with Crippen LogP contribution in [-0.4, -0.2) is 29.0 Å². The Morgan fingerprint density at radius 1 is 1.10 bits per heavy atom. The van der Waals surface area contributed by atoms with Crippen molar-refractivity contribution >= 4 is 10.9 Å². The van der Waals surface area contributed by atoms with Crippen molar-refractivity contribution in [3.8, 4) is 0 Å². The number of nitrogens with zero attached hydrogens (tertiary/aromatic N) is 2. The van der Waals surface area contributed by atoms with Crippen LogP contribution in [-0.2, 0) is 6.54 Å². The molecule has 2 fully saturated rings. The lowest BCUT2D eigenvalue weighted by Crippen LogP contribution is -2.38. The molecule has 1 saturated heterocycles. The van der Waals surface area contributed by atoms with Crippen molar-refractivity contribution in [2.75, 3.05) is 13.1 Å². The molecule has 1 saturated carbocycles. The van der Waals surface area contributed by atoms with E-state index in [1.165, 1.54) is 36.9 Å². The van der Waals surface area contributed by atoms with Gasteiger partial charge < -0.3 is 5.73 Å². The number of hydrogen-bond donors (Lipinski definition) is 1. The largest absolute Gasteiger partial charge is 0.327 e. The van der Waals surface area contributed by atoms with Gasteiger partial charge in [-0.2, -0.15) is 0 Å². The number of nitrogens with two attached hydrogens (primary N) is 1. The van der Waals surface area contributed by atoms with E-state index >= 15 is 0 Å². The zero-order valence-electron chi connectivity index (χ0n) is 12.4. The summed E-state index contributed by atoms with van der Waals surface area (Å²) in [6.07, 6.45) is 3.88. The Bertz CT molecular complexity index is 639.